The average molecular weight is 358 g/mol. The Hall–Kier alpha value is 0.01000. The van der Waals surface area contributed by atoms with Crippen LogP contribution in [0.4, 0.5) is 0 Å². The zero-order valence-electron chi connectivity index (χ0n) is 13.0. The van der Waals surface area contributed by atoms with Crippen LogP contribution in [0.2, 0.25) is 0 Å². The van der Waals surface area contributed by atoms with Crippen molar-refractivity contribution in [3.63, 3.8) is 0 Å². The Balaban J connectivity index is 2.53. The number of hydrogen-bond acceptors (Lipinski definition) is 2. The highest BCUT2D eigenvalue weighted by Crippen LogP contribution is 2.24. The second-order valence-corrected chi connectivity index (χ2v) is 7.95. The molecule has 0 saturated heterocycles. The minimum Gasteiger partial charge on any atom is -0.316 e. The van der Waals surface area contributed by atoms with Crippen LogP contribution in [0.3, 0.4) is 0 Å². The molecule has 0 aromatic heterocycles. The Morgan fingerprint density at radius 1 is 1.25 bits per heavy atom. The normalized spacial score (nSPS) is 12.8. The van der Waals surface area contributed by atoms with Crippen molar-refractivity contribution in [3.8, 4) is 0 Å². The van der Waals surface area contributed by atoms with Gasteiger partial charge in [0.25, 0.3) is 0 Å². The molecule has 1 unspecified atom stereocenters. The molecule has 0 spiro atoms. The molecule has 1 nitrogen and oxygen atoms in total. The van der Waals surface area contributed by atoms with Crippen LogP contribution in [-0.2, 0) is 0 Å². The van der Waals surface area contributed by atoms with E-state index in [2.05, 4.69) is 66.3 Å². The fraction of sp³-hybridized carbons (Fsp3) is 0.647. The van der Waals surface area contributed by atoms with E-state index in [0.717, 1.165) is 13.1 Å². The summed E-state index contributed by atoms with van der Waals surface area (Å²) in [6.45, 7) is 8.96. The number of halogens is 1. The van der Waals surface area contributed by atoms with E-state index in [9.17, 15) is 0 Å². The average Bonchev–Trinajstić information content (AvgIpc) is 2.41. The van der Waals surface area contributed by atoms with Crippen LogP contribution in [0, 0.1) is 5.92 Å². The predicted octanol–water partition coefficient (Wildman–Crippen LogP) is 5.31. The molecule has 1 N–H and O–H groups in total. The molecule has 0 aliphatic carbocycles. The van der Waals surface area contributed by atoms with E-state index in [1.54, 1.807) is 0 Å². The van der Waals surface area contributed by atoms with E-state index in [-0.39, 0.29) is 0 Å². The molecule has 1 aromatic carbocycles. The van der Waals surface area contributed by atoms with E-state index in [4.69, 9.17) is 0 Å². The summed E-state index contributed by atoms with van der Waals surface area (Å²) < 4.78 is 1.19. The molecule has 1 rings (SSSR count). The van der Waals surface area contributed by atoms with Crippen LogP contribution in [-0.4, -0.2) is 24.6 Å². The third-order valence-corrected chi connectivity index (χ3v) is 4.79. The summed E-state index contributed by atoms with van der Waals surface area (Å²) in [4.78, 5) is 0. The molecule has 3 heteroatoms. The highest BCUT2D eigenvalue weighted by atomic mass is 79.9. The van der Waals surface area contributed by atoms with Crippen LogP contribution in [0.1, 0.15) is 45.1 Å². The minimum absolute atomic E-state index is 0.628. The Kier molecular flexibility index (Phi) is 9.66. The number of nitrogens with one attached hydrogen (secondary N) is 1. The minimum atomic E-state index is 0.628. The van der Waals surface area contributed by atoms with Crippen LogP contribution in [0.5, 0.6) is 0 Å². The van der Waals surface area contributed by atoms with Crippen molar-refractivity contribution in [3.05, 3.63) is 34.3 Å². The lowest BCUT2D eigenvalue weighted by molar-refractivity contribution is 0.498. The molecular weight excluding hydrogens is 330 g/mol. The summed E-state index contributed by atoms with van der Waals surface area (Å²) in [7, 11) is 0. The predicted molar refractivity (Wildman–Crippen MR) is 96.8 cm³/mol. The highest BCUT2D eigenvalue weighted by molar-refractivity contribution is 9.10. The number of hydrogen-bond donors (Lipinski definition) is 1. The maximum Gasteiger partial charge on any atom is 0.0178 e. The van der Waals surface area contributed by atoms with Gasteiger partial charge in [-0.25, -0.2) is 0 Å². The van der Waals surface area contributed by atoms with Crippen LogP contribution in [0.25, 0.3) is 0 Å². The summed E-state index contributed by atoms with van der Waals surface area (Å²) in [5, 5.41) is 3.62. The second kappa shape index (κ2) is 10.7. The molecule has 0 aliphatic rings. The van der Waals surface area contributed by atoms with Crippen LogP contribution < -0.4 is 5.32 Å². The van der Waals surface area contributed by atoms with Crippen molar-refractivity contribution >= 4 is 27.7 Å². The molecule has 0 amide bonds. The molecule has 0 saturated carbocycles. The van der Waals surface area contributed by atoms with Crippen molar-refractivity contribution in [2.24, 2.45) is 5.92 Å². The first-order valence-corrected chi connectivity index (χ1v) is 9.62. The van der Waals surface area contributed by atoms with E-state index in [1.165, 1.54) is 34.4 Å². The van der Waals surface area contributed by atoms with Gasteiger partial charge in [0.05, 0.1) is 0 Å². The van der Waals surface area contributed by atoms with E-state index < -0.39 is 0 Å². The third-order valence-electron chi connectivity index (χ3n) is 3.31. The zero-order chi connectivity index (χ0) is 14.8. The number of benzene rings is 1. The Bertz CT molecular complexity index is 368. The van der Waals surface area contributed by atoms with Gasteiger partial charge in [-0.05, 0) is 60.4 Å². The van der Waals surface area contributed by atoms with Crippen molar-refractivity contribution in [2.75, 3.05) is 24.6 Å². The van der Waals surface area contributed by atoms with Crippen LogP contribution >= 0.6 is 27.7 Å². The lowest BCUT2D eigenvalue weighted by Gasteiger charge is -2.19. The molecule has 0 heterocycles. The van der Waals surface area contributed by atoms with E-state index in [1.807, 2.05) is 11.8 Å². The molecule has 1 atom stereocenters. The molecule has 114 valence electrons. The standard InChI is InChI=1S/C17H28BrNS/c1-4-20-10-6-8-16(13-19-12-14(2)3)15-7-5-9-17(18)11-15/h5,7,9,11,14,16,19H,4,6,8,10,12-13H2,1-3H3. The molecule has 0 aliphatic heterocycles. The zero-order valence-corrected chi connectivity index (χ0v) is 15.4. The number of rotatable bonds is 10. The van der Waals surface area contributed by atoms with Gasteiger partial charge in [-0.2, -0.15) is 11.8 Å². The first-order chi connectivity index (χ1) is 9.63. The lowest BCUT2D eigenvalue weighted by Crippen LogP contribution is -2.25. The SMILES string of the molecule is CCSCCCC(CNCC(C)C)c1cccc(Br)c1. The Morgan fingerprint density at radius 3 is 2.70 bits per heavy atom. The van der Waals surface area contributed by atoms with Crippen molar-refractivity contribution in [1.29, 1.82) is 0 Å². The van der Waals surface area contributed by atoms with Crippen molar-refractivity contribution in [1.82, 2.24) is 5.32 Å². The molecular formula is C17H28BrNS. The van der Waals surface area contributed by atoms with Crippen LogP contribution in [0.15, 0.2) is 28.7 Å². The summed E-state index contributed by atoms with van der Waals surface area (Å²) in [5.41, 5.74) is 1.46. The topological polar surface area (TPSA) is 12.0 Å². The molecule has 0 bridgehead atoms. The smallest absolute Gasteiger partial charge is 0.0178 e. The van der Waals surface area contributed by atoms with Crippen molar-refractivity contribution in [2.45, 2.75) is 39.5 Å². The quantitative estimate of drug-likeness (QED) is 0.569. The molecule has 20 heavy (non-hydrogen) atoms. The summed E-state index contributed by atoms with van der Waals surface area (Å²) in [5.74, 6) is 3.86. The fourth-order valence-electron chi connectivity index (χ4n) is 2.27. The van der Waals surface area contributed by atoms with Gasteiger partial charge in [0.15, 0.2) is 0 Å². The Morgan fingerprint density at radius 2 is 2.05 bits per heavy atom. The fourth-order valence-corrected chi connectivity index (χ4v) is 3.35. The van der Waals surface area contributed by atoms with Gasteiger partial charge >= 0.3 is 0 Å². The first kappa shape index (κ1) is 18.1. The molecule has 0 fully saturated rings. The second-order valence-electron chi connectivity index (χ2n) is 5.64. The van der Waals surface area contributed by atoms with E-state index in [0.29, 0.717) is 11.8 Å². The maximum atomic E-state index is 3.62. The third kappa shape index (κ3) is 7.70. The monoisotopic (exact) mass is 357 g/mol. The first-order valence-electron chi connectivity index (χ1n) is 7.67. The van der Waals surface area contributed by atoms with Gasteiger partial charge in [-0.15, -0.1) is 0 Å². The summed E-state index contributed by atoms with van der Waals surface area (Å²) in [6.07, 6.45) is 2.58. The van der Waals surface area contributed by atoms with Crippen molar-refractivity contribution < 1.29 is 0 Å². The maximum absolute atomic E-state index is 3.62. The summed E-state index contributed by atoms with van der Waals surface area (Å²) in [6, 6.07) is 8.79. The van der Waals surface area contributed by atoms with Gasteiger partial charge < -0.3 is 5.32 Å². The van der Waals surface area contributed by atoms with Gasteiger partial charge in [-0.1, -0.05) is 48.8 Å². The molecule has 1 aromatic rings. The Labute approximate surface area is 137 Å². The largest absolute Gasteiger partial charge is 0.316 e. The van der Waals surface area contributed by atoms with Gasteiger partial charge in [0, 0.05) is 11.0 Å². The lowest BCUT2D eigenvalue weighted by atomic mass is 9.94. The van der Waals surface area contributed by atoms with Gasteiger partial charge in [-0.3, -0.25) is 0 Å². The van der Waals surface area contributed by atoms with E-state index >= 15 is 0 Å². The molecule has 0 radical (unpaired) electrons. The van der Waals surface area contributed by atoms with Gasteiger partial charge in [0.1, 0.15) is 0 Å². The van der Waals surface area contributed by atoms with Gasteiger partial charge in [0.2, 0.25) is 0 Å². The number of thioether (sulfide) groups is 1. The highest BCUT2D eigenvalue weighted by Gasteiger charge is 2.11. The summed E-state index contributed by atoms with van der Waals surface area (Å²) >= 11 is 5.64.